The molecule has 0 spiro atoms. The fourth-order valence-electron chi connectivity index (χ4n) is 8.28. The van der Waals surface area contributed by atoms with Crippen molar-refractivity contribution in [1.29, 1.82) is 0 Å². The molecule has 10 heteroatoms. The van der Waals surface area contributed by atoms with Gasteiger partial charge in [0.2, 0.25) is 5.91 Å². The largest absolute Gasteiger partial charge is 0.492 e. The van der Waals surface area contributed by atoms with E-state index in [1.54, 1.807) is 25.7 Å². The first kappa shape index (κ1) is 41.2. The first-order chi connectivity index (χ1) is 25.5. The topological polar surface area (TPSA) is 132 Å². The Morgan fingerprint density at radius 1 is 0.926 bits per heavy atom. The molecule has 1 saturated heterocycles. The second-order valence-corrected chi connectivity index (χ2v) is 17.4. The van der Waals surface area contributed by atoms with E-state index < -0.39 is 36.0 Å². The van der Waals surface area contributed by atoms with Gasteiger partial charge in [-0.25, -0.2) is 4.79 Å². The molecule has 5 N–H and O–H groups in total. The Kier molecular flexibility index (Phi) is 13.5. The quantitative estimate of drug-likeness (QED) is 0.116. The van der Waals surface area contributed by atoms with Crippen molar-refractivity contribution in [2.24, 2.45) is 0 Å². The molecule has 0 bridgehead atoms. The summed E-state index contributed by atoms with van der Waals surface area (Å²) in [5.74, 6) is 0.557. The summed E-state index contributed by atoms with van der Waals surface area (Å²) in [5.41, 5.74) is 3.24. The molecule has 4 atom stereocenters. The number of hydrogen-bond donors (Lipinski definition) is 5. The number of carbonyl (C=O) groups excluding carboxylic acids is 2. The lowest BCUT2D eigenvalue weighted by atomic mass is 9.79. The number of amides is 2. The number of piperidine rings is 1. The lowest BCUT2D eigenvalue weighted by Crippen LogP contribution is -2.61. The third kappa shape index (κ3) is 12.0. The van der Waals surface area contributed by atoms with Crippen LogP contribution in [-0.2, 0) is 28.9 Å². The molecule has 1 aliphatic heterocycles. The monoisotopic (exact) mass is 742 g/mol. The molecule has 1 heterocycles. The van der Waals surface area contributed by atoms with Crippen molar-refractivity contribution in [2.45, 2.75) is 141 Å². The van der Waals surface area contributed by atoms with Crippen molar-refractivity contribution in [2.75, 3.05) is 13.2 Å². The summed E-state index contributed by atoms with van der Waals surface area (Å²) in [6.45, 7) is 15.9. The number of aliphatic hydroxyl groups is 2. The predicted molar refractivity (Wildman–Crippen MR) is 212 cm³/mol. The van der Waals surface area contributed by atoms with Gasteiger partial charge in [0.25, 0.3) is 0 Å². The van der Waals surface area contributed by atoms with Gasteiger partial charge in [-0.15, -0.1) is 0 Å². The summed E-state index contributed by atoms with van der Waals surface area (Å²) >= 11 is 0. The summed E-state index contributed by atoms with van der Waals surface area (Å²) in [7, 11) is 0. The van der Waals surface area contributed by atoms with Gasteiger partial charge in [0.05, 0.1) is 24.3 Å². The van der Waals surface area contributed by atoms with E-state index in [0.29, 0.717) is 25.5 Å². The van der Waals surface area contributed by atoms with Gasteiger partial charge in [-0.05, 0) is 109 Å². The molecule has 10 nitrogen and oxygen atoms in total. The van der Waals surface area contributed by atoms with E-state index in [9.17, 15) is 19.8 Å². The normalized spacial score (nSPS) is 20.4. The van der Waals surface area contributed by atoms with Gasteiger partial charge in [-0.2, -0.15) is 0 Å². The summed E-state index contributed by atoms with van der Waals surface area (Å²) in [4.78, 5) is 28.7. The SMILES string of the molecule is CC1(C)CC(NCCOc2ccc(CN(C(=O)CC[C@H](O)[C@H](Cc3ccccc3)NC(=O)OC(C)(C)C)[C@H]3c4ccccc4C[C@H]3O)cc2)CC(C)(C)N1. The maximum absolute atomic E-state index is 14.2. The van der Waals surface area contributed by atoms with Crippen LogP contribution in [-0.4, -0.2) is 81.2 Å². The zero-order valence-corrected chi connectivity index (χ0v) is 33.2. The Labute approximate surface area is 322 Å². The molecule has 1 aliphatic carbocycles. The number of fused-ring (bicyclic) bond motifs is 1. The Morgan fingerprint density at radius 2 is 1.57 bits per heavy atom. The summed E-state index contributed by atoms with van der Waals surface area (Å²) in [6, 6.07) is 24.4. The van der Waals surface area contributed by atoms with Crippen molar-refractivity contribution in [1.82, 2.24) is 20.9 Å². The third-order valence-electron chi connectivity index (χ3n) is 10.2. The number of hydrogen-bond acceptors (Lipinski definition) is 8. The number of nitrogens with zero attached hydrogens (tertiary/aromatic N) is 1. The van der Waals surface area contributed by atoms with Crippen LogP contribution in [0.1, 0.15) is 102 Å². The van der Waals surface area contributed by atoms with Crippen LogP contribution < -0.4 is 20.7 Å². The molecule has 0 saturated carbocycles. The number of benzene rings is 3. The van der Waals surface area contributed by atoms with Crippen molar-refractivity contribution in [3.63, 3.8) is 0 Å². The van der Waals surface area contributed by atoms with Crippen molar-refractivity contribution >= 4 is 12.0 Å². The van der Waals surface area contributed by atoms with Gasteiger partial charge in [-0.1, -0.05) is 66.7 Å². The van der Waals surface area contributed by atoms with Gasteiger partial charge in [0.1, 0.15) is 18.0 Å². The molecular formula is C44H62N4O6. The number of nitrogens with one attached hydrogen (secondary N) is 3. The fraction of sp³-hybridized carbons (Fsp3) is 0.545. The Balaban J connectivity index is 1.24. The predicted octanol–water partition coefficient (Wildman–Crippen LogP) is 6.23. The minimum Gasteiger partial charge on any atom is -0.492 e. The molecule has 54 heavy (non-hydrogen) atoms. The van der Waals surface area contributed by atoms with Gasteiger partial charge in [0.15, 0.2) is 0 Å². The molecule has 2 aliphatic rings. The average Bonchev–Trinajstić information content (AvgIpc) is 3.41. The highest BCUT2D eigenvalue weighted by molar-refractivity contribution is 5.77. The molecule has 0 unspecified atom stereocenters. The Morgan fingerprint density at radius 3 is 2.24 bits per heavy atom. The van der Waals surface area contributed by atoms with Crippen molar-refractivity contribution < 1.29 is 29.3 Å². The summed E-state index contributed by atoms with van der Waals surface area (Å²) in [5, 5.41) is 33.0. The van der Waals surface area contributed by atoms with Crippen LogP contribution in [0.5, 0.6) is 5.75 Å². The number of carbonyl (C=O) groups is 2. The smallest absolute Gasteiger partial charge is 0.407 e. The maximum atomic E-state index is 14.2. The molecule has 294 valence electrons. The number of rotatable bonds is 15. The number of ether oxygens (including phenoxy) is 2. The zero-order valence-electron chi connectivity index (χ0n) is 33.2. The van der Waals surface area contributed by atoms with E-state index in [0.717, 1.165) is 47.4 Å². The van der Waals surface area contributed by atoms with Crippen LogP contribution in [0.25, 0.3) is 0 Å². The lowest BCUT2D eigenvalue weighted by molar-refractivity contribution is -0.137. The molecule has 1 fully saturated rings. The Bertz CT molecular complexity index is 1660. The second-order valence-electron chi connectivity index (χ2n) is 17.4. The van der Waals surface area contributed by atoms with Crippen molar-refractivity contribution in [3.05, 3.63) is 101 Å². The first-order valence-electron chi connectivity index (χ1n) is 19.5. The molecule has 0 aromatic heterocycles. The van der Waals surface area contributed by atoms with Crippen LogP contribution in [0.15, 0.2) is 78.9 Å². The van der Waals surface area contributed by atoms with Gasteiger partial charge in [-0.3, -0.25) is 4.79 Å². The molecule has 5 rings (SSSR count). The average molecular weight is 743 g/mol. The van der Waals surface area contributed by atoms with Crippen LogP contribution >= 0.6 is 0 Å². The third-order valence-corrected chi connectivity index (χ3v) is 10.2. The van der Waals surface area contributed by atoms with E-state index in [1.165, 1.54) is 0 Å². The Hall–Kier alpha value is -3.96. The number of aliphatic hydroxyl groups excluding tert-OH is 2. The van der Waals surface area contributed by atoms with Crippen LogP contribution in [0.4, 0.5) is 4.79 Å². The molecule has 0 radical (unpaired) electrons. The van der Waals surface area contributed by atoms with Crippen molar-refractivity contribution in [3.8, 4) is 5.75 Å². The lowest BCUT2D eigenvalue weighted by Gasteiger charge is -2.46. The van der Waals surface area contributed by atoms with Gasteiger partial charge < -0.3 is 40.5 Å². The highest BCUT2D eigenvalue weighted by Gasteiger charge is 2.39. The minimum atomic E-state index is -1.03. The van der Waals surface area contributed by atoms with E-state index in [-0.39, 0.29) is 36.4 Å². The minimum absolute atomic E-state index is 0.0213. The number of alkyl carbamates (subject to hydrolysis) is 1. The van der Waals surface area contributed by atoms with E-state index in [4.69, 9.17) is 9.47 Å². The standard InChI is InChI=1S/C44H62N4O6/c1-42(2,3)54-41(52)46-36(25-30-13-9-8-10-14-30)37(49)21-22-39(51)48(40-35-16-12-11-15-32(35)26-38(40)50)29-31-17-19-34(20-18-31)53-24-23-45-33-27-43(4,5)47-44(6,7)28-33/h8-20,33,36-38,40,45,47,49-50H,21-29H2,1-7H3,(H,46,52)/t36-,37-,38+,40-/m0/s1. The molecule has 2 amide bonds. The van der Waals surface area contributed by atoms with Gasteiger partial charge in [0, 0.05) is 43.1 Å². The van der Waals surface area contributed by atoms with Gasteiger partial charge >= 0.3 is 6.09 Å². The fourth-order valence-corrected chi connectivity index (χ4v) is 8.28. The van der Waals surface area contributed by atoms with E-state index in [2.05, 4.69) is 43.6 Å². The second kappa shape index (κ2) is 17.7. The van der Waals surface area contributed by atoms with Crippen LogP contribution in [0.2, 0.25) is 0 Å². The summed E-state index contributed by atoms with van der Waals surface area (Å²) in [6.07, 6.45) is 0.651. The maximum Gasteiger partial charge on any atom is 0.407 e. The molecule has 3 aromatic carbocycles. The van der Waals surface area contributed by atoms with Crippen LogP contribution in [0.3, 0.4) is 0 Å². The molecule has 3 aromatic rings. The van der Waals surface area contributed by atoms with E-state index >= 15 is 0 Å². The molecular weight excluding hydrogens is 681 g/mol. The zero-order chi connectivity index (χ0) is 39.1. The highest BCUT2D eigenvalue weighted by atomic mass is 16.6. The van der Waals surface area contributed by atoms with Crippen LogP contribution in [0, 0.1) is 0 Å². The summed E-state index contributed by atoms with van der Waals surface area (Å²) < 4.78 is 11.6. The highest BCUT2D eigenvalue weighted by Crippen LogP contribution is 2.37. The first-order valence-corrected chi connectivity index (χ1v) is 19.5. The van der Waals surface area contributed by atoms with E-state index in [1.807, 2.05) is 78.9 Å².